The van der Waals surface area contributed by atoms with Gasteiger partial charge in [0, 0.05) is 29.0 Å². The molecular formula is C12H11BrFN3O. The maximum absolute atomic E-state index is 13.5. The summed E-state index contributed by atoms with van der Waals surface area (Å²) in [5.41, 5.74) is 0.932. The average molecular weight is 312 g/mol. The van der Waals surface area contributed by atoms with Crippen LogP contribution in [-0.2, 0) is 6.54 Å². The molecule has 2 rings (SSSR count). The number of hydrogen-bond acceptors (Lipinski definition) is 4. The van der Waals surface area contributed by atoms with Gasteiger partial charge in [-0.15, -0.1) is 0 Å². The standard InChI is InChI=1S/C12H11BrFN3O/c1-15-5-8-6-16-12(17-7-8)18-11-3-2-9(13)4-10(11)14/h2-4,6-7,15H,5H2,1H3. The monoisotopic (exact) mass is 311 g/mol. The van der Waals surface area contributed by atoms with Crippen LogP contribution in [0, 0.1) is 5.82 Å². The molecule has 0 atom stereocenters. The van der Waals surface area contributed by atoms with Crippen LogP contribution in [0.15, 0.2) is 35.1 Å². The number of aromatic nitrogens is 2. The lowest BCUT2D eigenvalue weighted by Crippen LogP contribution is -2.06. The van der Waals surface area contributed by atoms with Crippen LogP contribution in [-0.4, -0.2) is 17.0 Å². The fraction of sp³-hybridized carbons (Fsp3) is 0.167. The van der Waals surface area contributed by atoms with E-state index >= 15 is 0 Å². The maximum atomic E-state index is 13.5. The van der Waals surface area contributed by atoms with Crippen LogP contribution < -0.4 is 10.1 Å². The lowest BCUT2D eigenvalue weighted by Gasteiger charge is -2.05. The van der Waals surface area contributed by atoms with E-state index in [0.29, 0.717) is 11.0 Å². The number of nitrogens with zero attached hydrogens (tertiary/aromatic N) is 2. The summed E-state index contributed by atoms with van der Waals surface area (Å²) in [6, 6.07) is 4.65. The van der Waals surface area contributed by atoms with Crippen molar-refractivity contribution in [1.82, 2.24) is 15.3 Å². The average Bonchev–Trinajstić information content (AvgIpc) is 2.35. The van der Waals surface area contributed by atoms with Crippen molar-refractivity contribution in [3.05, 3.63) is 46.4 Å². The molecule has 0 aliphatic carbocycles. The molecule has 1 N–H and O–H groups in total. The second kappa shape index (κ2) is 5.88. The molecule has 0 aliphatic heterocycles. The second-order valence-electron chi connectivity index (χ2n) is 3.58. The molecule has 6 heteroatoms. The van der Waals surface area contributed by atoms with Crippen molar-refractivity contribution in [3.63, 3.8) is 0 Å². The smallest absolute Gasteiger partial charge is 0.321 e. The van der Waals surface area contributed by atoms with Crippen LogP contribution in [0.3, 0.4) is 0 Å². The molecule has 2 aromatic rings. The second-order valence-corrected chi connectivity index (χ2v) is 4.50. The van der Waals surface area contributed by atoms with E-state index in [4.69, 9.17) is 4.74 Å². The maximum Gasteiger partial charge on any atom is 0.321 e. The summed E-state index contributed by atoms with van der Waals surface area (Å²) in [7, 11) is 1.83. The van der Waals surface area contributed by atoms with Crippen molar-refractivity contribution in [2.45, 2.75) is 6.54 Å². The number of ether oxygens (including phenoxy) is 1. The van der Waals surface area contributed by atoms with Crippen LogP contribution in [0.25, 0.3) is 0 Å². The number of hydrogen-bond donors (Lipinski definition) is 1. The minimum Gasteiger partial charge on any atom is -0.421 e. The Morgan fingerprint density at radius 1 is 1.33 bits per heavy atom. The Labute approximate surface area is 112 Å². The van der Waals surface area contributed by atoms with Crippen molar-refractivity contribution in [2.75, 3.05) is 7.05 Å². The van der Waals surface area contributed by atoms with Gasteiger partial charge >= 0.3 is 6.01 Å². The number of benzene rings is 1. The SMILES string of the molecule is CNCc1cnc(Oc2ccc(Br)cc2F)nc1. The van der Waals surface area contributed by atoms with Gasteiger partial charge in [0.05, 0.1) is 0 Å². The Bertz CT molecular complexity index is 533. The highest BCUT2D eigenvalue weighted by Gasteiger charge is 2.07. The van der Waals surface area contributed by atoms with E-state index in [2.05, 4.69) is 31.2 Å². The molecule has 0 unspecified atom stereocenters. The first-order chi connectivity index (χ1) is 8.69. The normalized spacial score (nSPS) is 10.4. The summed E-state index contributed by atoms with van der Waals surface area (Å²) in [5.74, 6) is -0.369. The first kappa shape index (κ1) is 12.9. The van der Waals surface area contributed by atoms with Gasteiger partial charge in [-0.3, -0.25) is 0 Å². The highest BCUT2D eigenvalue weighted by atomic mass is 79.9. The van der Waals surface area contributed by atoms with E-state index in [-0.39, 0.29) is 11.8 Å². The van der Waals surface area contributed by atoms with E-state index in [1.165, 1.54) is 12.1 Å². The van der Waals surface area contributed by atoms with Gasteiger partial charge in [0.1, 0.15) is 0 Å². The number of nitrogens with one attached hydrogen (secondary N) is 1. The Hall–Kier alpha value is -1.53. The minimum absolute atomic E-state index is 0.0968. The first-order valence-electron chi connectivity index (χ1n) is 5.27. The Kier molecular flexibility index (Phi) is 4.22. The Morgan fingerprint density at radius 2 is 2.06 bits per heavy atom. The number of halogens is 2. The van der Waals surface area contributed by atoms with Gasteiger partial charge in [-0.05, 0) is 25.2 Å². The topological polar surface area (TPSA) is 47.0 Å². The first-order valence-corrected chi connectivity index (χ1v) is 6.07. The highest BCUT2D eigenvalue weighted by Crippen LogP contribution is 2.24. The molecule has 0 saturated carbocycles. The summed E-state index contributed by atoms with van der Waals surface area (Å²) in [5, 5.41) is 2.98. The fourth-order valence-corrected chi connectivity index (χ4v) is 1.68. The molecule has 0 radical (unpaired) electrons. The zero-order valence-electron chi connectivity index (χ0n) is 9.65. The molecule has 0 amide bonds. The molecular weight excluding hydrogens is 301 g/mol. The summed E-state index contributed by atoms with van der Waals surface area (Å²) < 4.78 is 19.4. The molecule has 0 spiro atoms. The van der Waals surface area contributed by atoms with Crippen molar-refractivity contribution >= 4 is 15.9 Å². The molecule has 1 heterocycles. The van der Waals surface area contributed by atoms with Crippen LogP contribution in [0.1, 0.15) is 5.56 Å². The lowest BCUT2D eigenvalue weighted by molar-refractivity contribution is 0.410. The van der Waals surface area contributed by atoms with Crippen molar-refractivity contribution in [1.29, 1.82) is 0 Å². The third-order valence-electron chi connectivity index (χ3n) is 2.16. The van der Waals surface area contributed by atoms with Gasteiger partial charge in [0.2, 0.25) is 0 Å². The summed E-state index contributed by atoms with van der Waals surface area (Å²) >= 11 is 3.17. The van der Waals surface area contributed by atoms with Crippen LogP contribution >= 0.6 is 15.9 Å². The quantitative estimate of drug-likeness (QED) is 0.943. The molecule has 4 nitrogen and oxygen atoms in total. The Morgan fingerprint density at radius 3 is 2.67 bits per heavy atom. The van der Waals surface area contributed by atoms with E-state index < -0.39 is 5.82 Å². The summed E-state index contributed by atoms with van der Waals surface area (Å²) in [6.45, 7) is 0.674. The Balaban J connectivity index is 2.13. The zero-order valence-corrected chi connectivity index (χ0v) is 11.2. The molecule has 18 heavy (non-hydrogen) atoms. The lowest BCUT2D eigenvalue weighted by atomic mass is 10.3. The molecule has 0 bridgehead atoms. The van der Waals surface area contributed by atoms with Gasteiger partial charge in [-0.1, -0.05) is 15.9 Å². The molecule has 1 aromatic carbocycles. The molecule has 0 saturated heterocycles. The van der Waals surface area contributed by atoms with Crippen LogP contribution in [0.2, 0.25) is 0 Å². The highest BCUT2D eigenvalue weighted by molar-refractivity contribution is 9.10. The minimum atomic E-state index is -0.465. The predicted octanol–water partition coefficient (Wildman–Crippen LogP) is 2.89. The third-order valence-corrected chi connectivity index (χ3v) is 2.65. The predicted molar refractivity (Wildman–Crippen MR) is 69.0 cm³/mol. The fourth-order valence-electron chi connectivity index (χ4n) is 1.35. The van der Waals surface area contributed by atoms with E-state index in [1.54, 1.807) is 18.5 Å². The molecule has 94 valence electrons. The van der Waals surface area contributed by atoms with E-state index in [0.717, 1.165) is 5.56 Å². The van der Waals surface area contributed by atoms with Gasteiger partial charge in [0.15, 0.2) is 11.6 Å². The van der Waals surface area contributed by atoms with Crippen molar-refractivity contribution < 1.29 is 9.13 Å². The summed E-state index contributed by atoms with van der Waals surface area (Å²) in [6.07, 6.45) is 3.27. The van der Waals surface area contributed by atoms with Gasteiger partial charge in [0.25, 0.3) is 0 Å². The van der Waals surface area contributed by atoms with Crippen molar-refractivity contribution in [2.24, 2.45) is 0 Å². The van der Waals surface area contributed by atoms with Gasteiger partial charge < -0.3 is 10.1 Å². The third kappa shape index (κ3) is 3.24. The summed E-state index contributed by atoms with van der Waals surface area (Å²) in [4.78, 5) is 8.01. The molecule has 0 aliphatic rings. The van der Waals surface area contributed by atoms with Gasteiger partial charge in [-0.25, -0.2) is 14.4 Å². The van der Waals surface area contributed by atoms with Gasteiger partial charge in [-0.2, -0.15) is 0 Å². The van der Waals surface area contributed by atoms with Crippen LogP contribution in [0.4, 0.5) is 4.39 Å². The van der Waals surface area contributed by atoms with Crippen LogP contribution in [0.5, 0.6) is 11.8 Å². The zero-order chi connectivity index (χ0) is 13.0. The molecule has 0 fully saturated rings. The largest absolute Gasteiger partial charge is 0.421 e. The van der Waals surface area contributed by atoms with E-state index in [1.807, 2.05) is 7.05 Å². The van der Waals surface area contributed by atoms with Crippen molar-refractivity contribution in [3.8, 4) is 11.8 Å². The number of rotatable bonds is 4. The van der Waals surface area contributed by atoms with E-state index in [9.17, 15) is 4.39 Å². The molecule has 1 aromatic heterocycles.